The lowest BCUT2D eigenvalue weighted by Crippen LogP contribution is -2.54. The van der Waals surface area contributed by atoms with E-state index in [9.17, 15) is 4.79 Å². The average Bonchev–Trinajstić information content (AvgIpc) is 1.97. The molecule has 0 saturated heterocycles. The molecule has 0 aromatic carbocycles. The number of rotatable bonds is 3. The van der Waals surface area contributed by atoms with E-state index in [1.807, 2.05) is 0 Å². The van der Waals surface area contributed by atoms with Crippen LogP contribution in [0.1, 0.15) is 33.1 Å². The summed E-state index contributed by atoms with van der Waals surface area (Å²) in [6.07, 6.45) is 2.04. The minimum absolute atomic E-state index is 0. The van der Waals surface area contributed by atoms with Gasteiger partial charge < -0.3 is 10.8 Å². The average molecular weight is 208 g/mol. The zero-order valence-electron chi connectivity index (χ0n) is 8.12. The van der Waals surface area contributed by atoms with Crippen LogP contribution in [0.2, 0.25) is 0 Å². The molecule has 0 bridgehead atoms. The molecule has 0 aromatic rings. The maximum absolute atomic E-state index is 10.3. The lowest BCUT2D eigenvalue weighted by Gasteiger charge is -2.50. The largest absolute Gasteiger partial charge is 0.481 e. The van der Waals surface area contributed by atoms with Crippen LogP contribution in [-0.2, 0) is 4.79 Å². The fraction of sp³-hybridized carbons (Fsp3) is 0.889. The van der Waals surface area contributed by atoms with Crippen LogP contribution in [0.4, 0.5) is 0 Å². The minimum atomic E-state index is -0.703. The highest BCUT2D eigenvalue weighted by molar-refractivity contribution is 5.85. The quantitative estimate of drug-likeness (QED) is 0.740. The maximum atomic E-state index is 10.3. The molecule has 78 valence electrons. The number of aliphatic carboxylic acids is 1. The van der Waals surface area contributed by atoms with Crippen LogP contribution in [-0.4, -0.2) is 17.1 Å². The van der Waals surface area contributed by atoms with Gasteiger partial charge in [-0.2, -0.15) is 0 Å². The summed E-state index contributed by atoms with van der Waals surface area (Å²) in [6, 6.07) is 0.260. The zero-order chi connectivity index (χ0) is 9.35. The molecule has 1 aliphatic carbocycles. The molecule has 1 fully saturated rings. The van der Waals surface area contributed by atoms with Crippen molar-refractivity contribution in [2.45, 2.75) is 39.2 Å². The van der Waals surface area contributed by atoms with Gasteiger partial charge in [0.1, 0.15) is 0 Å². The van der Waals surface area contributed by atoms with Gasteiger partial charge in [0.15, 0.2) is 0 Å². The van der Waals surface area contributed by atoms with Gasteiger partial charge in [0.05, 0.1) is 0 Å². The molecule has 2 atom stereocenters. The van der Waals surface area contributed by atoms with Gasteiger partial charge in [-0.1, -0.05) is 13.8 Å². The predicted octanol–water partition coefficient (Wildman–Crippen LogP) is 1.65. The van der Waals surface area contributed by atoms with Gasteiger partial charge in [-0.25, -0.2) is 0 Å². The number of hydrogen-bond acceptors (Lipinski definition) is 2. The molecule has 0 radical (unpaired) electrons. The number of halogens is 1. The number of carboxylic acid groups (broad SMARTS) is 1. The summed E-state index contributed by atoms with van der Waals surface area (Å²) in [6.45, 7) is 4.24. The van der Waals surface area contributed by atoms with E-state index in [4.69, 9.17) is 10.8 Å². The molecule has 0 heterocycles. The van der Waals surface area contributed by atoms with E-state index in [1.165, 1.54) is 0 Å². The maximum Gasteiger partial charge on any atom is 0.303 e. The molecule has 0 aromatic heterocycles. The molecule has 1 saturated carbocycles. The third-order valence-corrected chi connectivity index (χ3v) is 3.25. The van der Waals surface area contributed by atoms with Crippen molar-refractivity contribution in [2.24, 2.45) is 17.1 Å². The molecule has 4 heteroatoms. The van der Waals surface area contributed by atoms with E-state index in [-0.39, 0.29) is 30.3 Å². The van der Waals surface area contributed by atoms with Gasteiger partial charge in [0.2, 0.25) is 0 Å². The summed E-state index contributed by atoms with van der Waals surface area (Å²) in [4.78, 5) is 10.3. The third-order valence-electron chi connectivity index (χ3n) is 3.25. The fourth-order valence-corrected chi connectivity index (χ4v) is 1.84. The second-order valence-corrected chi connectivity index (χ2v) is 4.29. The van der Waals surface area contributed by atoms with Crippen LogP contribution in [0.15, 0.2) is 0 Å². The monoisotopic (exact) mass is 207 g/mol. The molecule has 0 unspecified atom stereocenters. The van der Waals surface area contributed by atoms with E-state index in [0.717, 1.165) is 12.8 Å². The van der Waals surface area contributed by atoms with Gasteiger partial charge >= 0.3 is 5.97 Å². The van der Waals surface area contributed by atoms with Crippen LogP contribution in [0, 0.1) is 11.3 Å². The van der Waals surface area contributed by atoms with Crippen molar-refractivity contribution < 1.29 is 9.90 Å². The topological polar surface area (TPSA) is 63.3 Å². The van der Waals surface area contributed by atoms with E-state index in [2.05, 4.69) is 13.8 Å². The first-order valence-corrected chi connectivity index (χ1v) is 4.42. The molecule has 3 nitrogen and oxygen atoms in total. The Labute approximate surface area is 85.1 Å². The highest BCUT2D eigenvalue weighted by atomic mass is 35.5. The summed E-state index contributed by atoms with van der Waals surface area (Å²) < 4.78 is 0. The van der Waals surface area contributed by atoms with E-state index in [1.54, 1.807) is 0 Å². The Hall–Kier alpha value is -0.280. The van der Waals surface area contributed by atoms with Gasteiger partial charge in [-0.15, -0.1) is 12.4 Å². The van der Waals surface area contributed by atoms with Gasteiger partial charge in [0.25, 0.3) is 0 Å². The molecular formula is C9H18ClNO2. The molecule has 0 spiro atoms. The summed E-state index contributed by atoms with van der Waals surface area (Å²) >= 11 is 0. The van der Waals surface area contributed by atoms with Gasteiger partial charge in [-0.3, -0.25) is 4.79 Å². The minimum Gasteiger partial charge on any atom is -0.481 e. The normalized spacial score (nSPS) is 30.1. The summed E-state index contributed by atoms with van der Waals surface area (Å²) in [7, 11) is 0. The second kappa shape index (κ2) is 4.29. The highest BCUT2D eigenvalue weighted by Crippen LogP contribution is 2.47. The molecule has 13 heavy (non-hydrogen) atoms. The first-order chi connectivity index (χ1) is 5.44. The Morgan fingerprint density at radius 2 is 2.15 bits per heavy atom. The number of carbonyl (C=O) groups is 1. The number of nitrogens with two attached hydrogens (primary N) is 1. The Kier molecular flexibility index (Phi) is 4.20. The smallest absolute Gasteiger partial charge is 0.303 e. The van der Waals surface area contributed by atoms with Crippen LogP contribution in [0.3, 0.4) is 0 Å². The Bertz CT molecular complexity index is 194. The van der Waals surface area contributed by atoms with Crippen molar-refractivity contribution in [3.63, 3.8) is 0 Å². The van der Waals surface area contributed by atoms with Crippen molar-refractivity contribution >= 4 is 18.4 Å². The van der Waals surface area contributed by atoms with Crippen molar-refractivity contribution in [3.8, 4) is 0 Å². The van der Waals surface area contributed by atoms with Crippen molar-refractivity contribution in [1.29, 1.82) is 0 Å². The lowest BCUT2D eigenvalue weighted by atomic mass is 9.57. The Morgan fingerprint density at radius 3 is 2.46 bits per heavy atom. The van der Waals surface area contributed by atoms with Crippen LogP contribution < -0.4 is 5.73 Å². The second-order valence-electron chi connectivity index (χ2n) is 4.29. The molecule has 1 rings (SSSR count). The van der Waals surface area contributed by atoms with E-state index in [0.29, 0.717) is 5.92 Å². The summed E-state index contributed by atoms with van der Waals surface area (Å²) in [5.74, 6) is -0.199. The fourth-order valence-electron chi connectivity index (χ4n) is 1.84. The van der Waals surface area contributed by atoms with E-state index >= 15 is 0 Å². The number of carboxylic acids is 1. The van der Waals surface area contributed by atoms with Crippen molar-refractivity contribution in [3.05, 3.63) is 0 Å². The van der Waals surface area contributed by atoms with Crippen LogP contribution in [0.5, 0.6) is 0 Å². The SMILES string of the molecule is CC1(C)[C@H](CCC(=O)O)C[C@@H]1N.Cl. The number of hydrogen-bond donors (Lipinski definition) is 2. The van der Waals surface area contributed by atoms with Crippen molar-refractivity contribution in [1.82, 2.24) is 0 Å². The van der Waals surface area contributed by atoms with Gasteiger partial charge in [0, 0.05) is 12.5 Å². The first-order valence-electron chi connectivity index (χ1n) is 4.42. The van der Waals surface area contributed by atoms with Crippen molar-refractivity contribution in [2.75, 3.05) is 0 Å². The third kappa shape index (κ3) is 2.58. The summed E-state index contributed by atoms with van der Waals surface area (Å²) in [5.41, 5.74) is 5.95. The molecule has 0 aliphatic heterocycles. The lowest BCUT2D eigenvalue weighted by molar-refractivity contribution is -0.138. The first kappa shape index (κ1) is 12.7. The molecular weight excluding hydrogens is 190 g/mol. The van der Waals surface area contributed by atoms with E-state index < -0.39 is 5.97 Å². The summed E-state index contributed by atoms with van der Waals surface area (Å²) in [5, 5.41) is 8.49. The molecule has 3 N–H and O–H groups in total. The predicted molar refractivity (Wildman–Crippen MR) is 54.0 cm³/mol. The van der Waals surface area contributed by atoms with Crippen LogP contribution in [0.25, 0.3) is 0 Å². The Morgan fingerprint density at radius 1 is 1.62 bits per heavy atom. The van der Waals surface area contributed by atoms with Gasteiger partial charge in [-0.05, 0) is 24.2 Å². The zero-order valence-corrected chi connectivity index (χ0v) is 8.93. The standard InChI is InChI=1S/C9H17NO2.ClH/c1-9(2)6(5-7(9)10)3-4-8(11)12;/h6-7H,3-5,10H2,1-2H3,(H,11,12);1H/t6-,7+;/m1./s1. The highest BCUT2D eigenvalue weighted by Gasteiger charge is 2.45. The van der Waals surface area contributed by atoms with Crippen LogP contribution >= 0.6 is 12.4 Å². The Balaban J connectivity index is 0.00000144. The molecule has 1 aliphatic rings. The molecule has 0 amide bonds.